The van der Waals surface area contributed by atoms with Crippen molar-refractivity contribution < 1.29 is 9.72 Å². The second-order valence-electron chi connectivity index (χ2n) is 6.70. The number of halogens is 1. The van der Waals surface area contributed by atoms with Gasteiger partial charge < -0.3 is 10.2 Å². The number of piperazine rings is 1. The van der Waals surface area contributed by atoms with Crippen molar-refractivity contribution in [1.82, 2.24) is 10.2 Å². The topological polar surface area (TPSA) is 78.7 Å². The first kappa shape index (κ1) is 17.9. The van der Waals surface area contributed by atoms with Crippen LogP contribution in [0.15, 0.2) is 18.2 Å². The highest BCUT2D eigenvalue weighted by atomic mass is 35.5. The molecule has 0 bridgehead atoms. The van der Waals surface area contributed by atoms with Crippen LogP contribution in [0.2, 0.25) is 5.02 Å². The number of hydrogen-bond donors (Lipinski definition) is 1. The molecule has 0 unspecified atom stereocenters. The third-order valence-corrected chi connectivity index (χ3v) is 5.17. The fourth-order valence-electron chi connectivity index (χ4n) is 3.60. The molecule has 136 valence electrons. The van der Waals surface area contributed by atoms with Crippen LogP contribution < -0.4 is 10.2 Å². The SMILES string of the molecule is O=C(CN1CCN(c2ccc(Cl)cc2[N+](=O)[O-])CC1)NC1CCCC1. The van der Waals surface area contributed by atoms with Gasteiger partial charge in [0.2, 0.25) is 5.91 Å². The molecule has 25 heavy (non-hydrogen) atoms. The molecule has 1 saturated heterocycles. The van der Waals surface area contributed by atoms with Crippen molar-refractivity contribution in [3.63, 3.8) is 0 Å². The van der Waals surface area contributed by atoms with Crippen LogP contribution in [0.5, 0.6) is 0 Å². The second kappa shape index (κ2) is 8.01. The van der Waals surface area contributed by atoms with E-state index in [0.717, 1.165) is 12.8 Å². The van der Waals surface area contributed by atoms with Crippen LogP contribution in [0.4, 0.5) is 11.4 Å². The maximum Gasteiger partial charge on any atom is 0.294 e. The molecule has 0 aromatic heterocycles. The molecule has 1 heterocycles. The highest BCUT2D eigenvalue weighted by Crippen LogP contribution is 2.31. The number of nitrogens with zero attached hydrogens (tertiary/aromatic N) is 3. The summed E-state index contributed by atoms with van der Waals surface area (Å²) in [7, 11) is 0. The Balaban J connectivity index is 1.53. The molecular weight excluding hydrogens is 344 g/mol. The molecule has 1 amide bonds. The van der Waals surface area contributed by atoms with Gasteiger partial charge in [-0.25, -0.2) is 0 Å². The molecule has 1 aliphatic heterocycles. The average molecular weight is 367 g/mol. The van der Waals surface area contributed by atoms with Gasteiger partial charge in [-0.1, -0.05) is 24.4 Å². The molecular formula is C17H23ClN4O3. The normalized spacial score (nSPS) is 19.2. The largest absolute Gasteiger partial charge is 0.363 e. The lowest BCUT2D eigenvalue weighted by atomic mass is 10.2. The molecule has 1 aromatic rings. The molecule has 1 N–H and O–H groups in total. The number of amides is 1. The Morgan fingerprint density at radius 3 is 2.56 bits per heavy atom. The number of nitrogens with one attached hydrogen (secondary N) is 1. The maximum atomic E-state index is 12.1. The first-order chi connectivity index (χ1) is 12.0. The van der Waals surface area contributed by atoms with Crippen LogP contribution in [0, 0.1) is 10.1 Å². The lowest BCUT2D eigenvalue weighted by Crippen LogP contribution is -2.50. The minimum atomic E-state index is -0.400. The zero-order chi connectivity index (χ0) is 17.8. The Morgan fingerprint density at radius 1 is 1.24 bits per heavy atom. The number of carbonyl (C=O) groups is 1. The van der Waals surface area contributed by atoms with E-state index in [1.165, 1.54) is 18.9 Å². The summed E-state index contributed by atoms with van der Waals surface area (Å²) in [6.07, 6.45) is 4.56. The van der Waals surface area contributed by atoms with E-state index in [4.69, 9.17) is 11.6 Å². The van der Waals surface area contributed by atoms with Gasteiger partial charge in [-0.3, -0.25) is 19.8 Å². The van der Waals surface area contributed by atoms with E-state index in [1.807, 2.05) is 4.90 Å². The van der Waals surface area contributed by atoms with Crippen LogP contribution >= 0.6 is 11.6 Å². The molecule has 2 fully saturated rings. The van der Waals surface area contributed by atoms with E-state index in [2.05, 4.69) is 10.2 Å². The number of nitro benzene ring substituents is 1. The zero-order valence-electron chi connectivity index (χ0n) is 14.1. The Hall–Kier alpha value is -1.86. The molecule has 0 spiro atoms. The Labute approximate surface area is 152 Å². The summed E-state index contributed by atoms with van der Waals surface area (Å²) < 4.78 is 0. The van der Waals surface area contributed by atoms with Gasteiger partial charge in [0.1, 0.15) is 5.69 Å². The smallest absolute Gasteiger partial charge is 0.294 e. The Morgan fingerprint density at radius 2 is 1.92 bits per heavy atom. The Kier molecular flexibility index (Phi) is 5.75. The first-order valence-corrected chi connectivity index (χ1v) is 9.11. The molecule has 1 saturated carbocycles. The molecule has 0 radical (unpaired) electrons. The maximum absolute atomic E-state index is 12.1. The zero-order valence-corrected chi connectivity index (χ0v) is 14.9. The summed E-state index contributed by atoms with van der Waals surface area (Å²) in [5, 5.41) is 14.7. The van der Waals surface area contributed by atoms with Gasteiger partial charge in [0.05, 0.1) is 11.5 Å². The molecule has 8 heteroatoms. The number of benzene rings is 1. The van der Waals surface area contributed by atoms with E-state index in [1.54, 1.807) is 12.1 Å². The minimum absolute atomic E-state index is 0.0277. The van der Waals surface area contributed by atoms with Gasteiger partial charge >= 0.3 is 0 Å². The van der Waals surface area contributed by atoms with E-state index < -0.39 is 4.92 Å². The van der Waals surface area contributed by atoms with Crippen LogP contribution in [0.25, 0.3) is 0 Å². The highest BCUT2D eigenvalue weighted by Gasteiger charge is 2.25. The predicted octanol–water partition coefficient (Wildman–Crippen LogP) is 2.43. The summed E-state index contributed by atoms with van der Waals surface area (Å²) in [5.41, 5.74) is 0.615. The summed E-state index contributed by atoms with van der Waals surface area (Å²) in [6.45, 7) is 3.11. The highest BCUT2D eigenvalue weighted by molar-refractivity contribution is 6.30. The van der Waals surface area contributed by atoms with E-state index in [0.29, 0.717) is 49.5 Å². The number of rotatable bonds is 5. The average Bonchev–Trinajstić information content (AvgIpc) is 3.08. The standard InChI is InChI=1S/C17H23ClN4O3/c18-13-5-6-15(16(11-13)22(24)25)21-9-7-20(8-10-21)12-17(23)19-14-3-1-2-4-14/h5-6,11,14H,1-4,7-10,12H2,(H,19,23). The summed E-state index contributed by atoms with van der Waals surface area (Å²) in [5.74, 6) is 0.0813. The third kappa shape index (κ3) is 4.61. The second-order valence-corrected chi connectivity index (χ2v) is 7.14. The summed E-state index contributed by atoms with van der Waals surface area (Å²) in [4.78, 5) is 27.1. The van der Waals surface area contributed by atoms with Crippen molar-refractivity contribution in [2.24, 2.45) is 0 Å². The number of hydrogen-bond acceptors (Lipinski definition) is 5. The van der Waals surface area contributed by atoms with Crippen LogP contribution in [-0.4, -0.2) is 54.5 Å². The number of carbonyl (C=O) groups excluding carboxylic acids is 1. The lowest BCUT2D eigenvalue weighted by molar-refractivity contribution is -0.384. The monoisotopic (exact) mass is 366 g/mol. The van der Waals surface area contributed by atoms with Crippen LogP contribution in [-0.2, 0) is 4.79 Å². The molecule has 3 rings (SSSR count). The molecule has 1 aromatic carbocycles. The van der Waals surface area contributed by atoms with Gasteiger partial charge in [-0.15, -0.1) is 0 Å². The molecule has 0 atom stereocenters. The predicted molar refractivity (Wildman–Crippen MR) is 97.2 cm³/mol. The molecule has 2 aliphatic rings. The molecule has 7 nitrogen and oxygen atoms in total. The Bertz CT molecular complexity index is 641. The van der Waals surface area contributed by atoms with Gasteiger partial charge in [0, 0.05) is 43.3 Å². The van der Waals surface area contributed by atoms with Crippen molar-refractivity contribution in [2.75, 3.05) is 37.6 Å². The van der Waals surface area contributed by atoms with Crippen LogP contribution in [0.3, 0.4) is 0 Å². The summed E-state index contributed by atoms with van der Waals surface area (Å²) in [6, 6.07) is 5.09. The fraction of sp³-hybridized carbons (Fsp3) is 0.588. The molecule has 1 aliphatic carbocycles. The number of nitro groups is 1. The van der Waals surface area contributed by atoms with Gasteiger partial charge in [0.15, 0.2) is 0 Å². The number of anilines is 1. The van der Waals surface area contributed by atoms with Crippen LogP contribution in [0.1, 0.15) is 25.7 Å². The quantitative estimate of drug-likeness (QED) is 0.639. The van der Waals surface area contributed by atoms with E-state index in [-0.39, 0.29) is 11.6 Å². The van der Waals surface area contributed by atoms with E-state index in [9.17, 15) is 14.9 Å². The first-order valence-electron chi connectivity index (χ1n) is 8.73. The van der Waals surface area contributed by atoms with Crippen molar-refractivity contribution >= 4 is 28.9 Å². The third-order valence-electron chi connectivity index (χ3n) is 4.93. The summed E-state index contributed by atoms with van der Waals surface area (Å²) >= 11 is 5.87. The van der Waals surface area contributed by atoms with Gasteiger partial charge in [0.25, 0.3) is 5.69 Å². The minimum Gasteiger partial charge on any atom is -0.363 e. The lowest BCUT2D eigenvalue weighted by Gasteiger charge is -2.35. The van der Waals surface area contributed by atoms with Crippen molar-refractivity contribution in [2.45, 2.75) is 31.7 Å². The van der Waals surface area contributed by atoms with Crippen molar-refractivity contribution in [1.29, 1.82) is 0 Å². The van der Waals surface area contributed by atoms with Gasteiger partial charge in [-0.05, 0) is 25.0 Å². The van der Waals surface area contributed by atoms with Crippen molar-refractivity contribution in [3.05, 3.63) is 33.3 Å². The fourth-order valence-corrected chi connectivity index (χ4v) is 3.77. The van der Waals surface area contributed by atoms with E-state index >= 15 is 0 Å². The van der Waals surface area contributed by atoms with Crippen molar-refractivity contribution in [3.8, 4) is 0 Å². The van der Waals surface area contributed by atoms with Gasteiger partial charge in [-0.2, -0.15) is 0 Å².